The lowest BCUT2D eigenvalue weighted by Gasteiger charge is -2.13. The highest BCUT2D eigenvalue weighted by Gasteiger charge is 1.88. The number of anilines is 1. The first kappa shape index (κ1) is 7.35. The monoisotopic (exact) mass is 152 g/mol. The second-order valence-corrected chi connectivity index (χ2v) is 2.86. The standard InChI is InChI=1S/C8H11NS/c1-9(2)7-3-5-8(10)6-4-7/h3-6,10H,1-2H3/p-1. The molecule has 0 aliphatic rings. The Bertz CT molecular complexity index is 203. The summed E-state index contributed by atoms with van der Waals surface area (Å²) in [5.41, 5.74) is 1.19. The van der Waals surface area contributed by atoms with Crippen molar-refractivity contribution in [3.8, 4) is 0 Å². The van der Waals surface area contributed by atoms with Crippen LogP contribution in [0.15, 0.2) is 29.2 Å². The van der Waals surface area contributed by atoms with Crippen LogP contribution in [-0.2, 0) is 12.6 Å². The van der Waals surface area contributed by atoms with Crippen molar-refractivity contribution in [3.63, 3.8) is 0 Å². The summed E-state index contributed by atoms with van der Waals surface area (Å²) >= 11 is 4.94. The van der Waals surface area contributed by atoms with Crippen LogP contribution >= 0.6 is 0 Å². The molecule has 0 unspecified atom stereocenters. The summed E-state index contributed by atoms with van der Waals surface area (Å²) in [6, 6.07) is 7.90. The molecule has 2 heteroatoms. The molecule has 0 N–H and O–H groups in total. The molecular weight excluding hydrogens is 142 g/mol. The summed E-state index contributed by atoms with van der Waals surface area (Å²) < 4.78 is 0. The molecule has 1 aromatic carbocycles. The quantitative estimate of drug-likeness (QED) is 0.563. The lowest BCUT2D eigenvalue weighted by atomic mass is 10.3. The first-order valence-electron chi connectivity index (χ1n) is 3.14. The van der Waals surface area contributed by atoms with E-state index in [-0.39, 0.29) is 0 Å². The van der Waals surface area contributed by atoms with Gasteiger partial charge in [-0.25, -0.2) is 0 Å². The number of nitrogens with zero attached hydrogens (tertiary/aromatic N) is 1. The van der Waals surface area contributed by atoms with Gasteiger partial charge in [0.2, 0.25) is 0 Å². The normalized spacial score (nSPS) is 9.40. The molecule has 0 bridgehead atoms. The van der Waals surface area contributed by atoms with E-state index in [0.717, 1.165) is 4.90 Å². The van der Waals surface area contributed by atoms with Crippen molar-refractivity contribution >= 4 is 18.3 Å². The van der Waals surface area contributed by atoms with Gasteiger partial charge in [-0.2, -0.15) is 4.90 Å². The Labute approximate surface area is 67.1 Å². The van der Waals surface area contributed by atoms with E-state index in [9.17, 15) is 0 Å². The molecule has 0 spiro atoms. The molecular formula is C8H10NS-. The zero-order valence-electron chi connectivity index (χ0n) is 6.16. The van der Waals surface area contributed by atoms with Crippen molar-refractivity contribution in [1.29, 1.82) is 0 Å². The fourth-order valence-corrected chi connectivity index (χ4v) is 0.880. The molecule has 54 valence electrons. The van der Waals surface area contributed by atoms with Crippen LogP contribution in [0.1, 0.15) is 0 Å². The van der Waals surface area contributed by atoms with Gasteiger partial charge in [-0.05, 0) is 12.1 Å². The zero-order chi connectivity index (χ0) is 7.56. The van der Waals surface area contributed by atoms with Crippen LogP contribution in [0.5, 0.6) is 0 Å². The van der Waals surface area contributed by atoms with Crippen molar-refractivity contribution in [3.05, 3.63) is 24.3 Å². The molecule has 1 aromatic rings. The summed E-state index contributed by atoms with van der Waals surface area (Å²) in [7, 11) is 4.02. The van der Waals surface area contributed by atoms with Gasteiger partial charge in [0.25, 0.3) is 0 Å². The lowest BCUT2D eigenvalue weighted by molar-refractivity contribution is 1.13. The van der Waals surface area contributed by atoms with Gasteiger partial charge >= 0.3 is 0 Å². The van der Waals surface area contributed by atoms with Gasteiger partial charge in [0.15, 0.2) is 0 Å². The Morgan fingerprint density at radius 3 is 2.00 bits per heavy atom. The number of hydrogen-bond donors (Lipinski definition) is 0. The van der Waals surface area contributed by atoms with E-state index in [4.69, 9.17) is 12.6 Å². The molecule has 0 saturated carbocycles. The lowest BCUT2D eigenvalue weighted by Crippen LogP contribution is -2.07. The largest absolute Gasteiger partial charge is 0.780 e. The second-order valence-electron chi connectivity index (χ2n) is 2.39. The fourth-order valence-electron chi connectivity index (χ4n) is 0.744. The molecule has 0 aliphatic carbocycles. The van der Waals surface area contributed by atoms with Gasteiger partial charge in [-0.1, -0.05) is 12.1 Å². The summed E-state index contributed by atoms with van der Waals surface area (Å²) in [6.45, 7) is 0. The summed E-state index contributed by atoms with van der Waals surface area (Å²) in [5.74, 6) is 0. The predicted octanol–water partition coefficient (Wildman–Crippen LogP) is 1.66. The molecule has 0 fully saturated rings. The van der Waals surface area contributed by atoms with Crippen molar-refractivity contribution in [2.75, 3.05) is 19.0 Å². The van der Waals surface area contributed by atoms with Gasteiger partial charge < -0.3 is 17.5 Å². The van der Waals surface area contributed by atoms with E-state index in [1.54, 1.807) is 0 Å². The maximum absolute atomic E-state index is 4.94. The molecule has 0 amide bonds. The zero-order valence-corrected chi connectivity index (χ0v) is 6.98. The minimum atomic E-state index is 0.894. The smallest absolute Gasteiger partial charge is 0.0359 e. The predicted molar refractivity (Wildman–Crippen MR) is 46.4 cm³/mol. The van der Waals surface area contributed by atoms with Gasteiger partial charge in [-0.15, -0.1) is 0 Å². The second kappa shape index (κ2) is 2.88. The number of rotatable bonds is 1. The topological polar surface area (TPSA) is 3.24 Å². The average Bonchev–Trinajstić information content (AvgIpc) is 1.88. The molecule has 0 heterocycles. The minimum absolute atomic E-state index is 0.894. The molecule has 1 rings (SSSR count). The van der Waals surface area contributed by atoms with Crippen LogP contribution in [0.3, 0.4) is 0 Å². The van der Waals surface area contributed by atoms with E-state index in [0.29, 0.717) is 0 Å². The third kappa shape index (κ3) is 1.61. The Kier molecular flexibility index (Phi) is 2.12. The molecule has 0 saturated heterocycles. The van der Waals surface area contributed by atoms with Crippen molar-refractivity contribution in [1.82, 2.24) is 0 Å². The summed E-state index contributed by atoms with van der Waals surface area (Å²) in [6.07, 6.45) is 0. The van der Waals surface area contributed by atoms with E-state index in [2.05, 4.69) is 4.90 Å². The Hall–Kier alpha value is -0.760. The van der Waals surface area contributed by atoms with Crippen LogP contribution in [0.25, 0.3) is 0 Å². The molecule has 10 heavy (non-hydrogen) atoms. The summed E-state index contributed by atoms with van der Waals surface area (Å²) in [4.78, 5) is 2.94. The first-order chi connectivity index (χ1) is 4.70. The third-order valence-electron chi connectivity index (χ3n) is 1.35. The van der Waals surface area contributed by atoms with E-state index >= 15 is 0 Å². The van der Waals surface area contributed by atoms with Gasteiger partial charge in [-0.3, -0.25) is 0 Å². The van der Waals surface area contributed by atoms with Crippen molar-refractivity contribution in [2.45, 2.75) is 4.90 Å². The molecule has 0 radical (unpaired) electrons. The van der Waals surface area contributed by atoms with Gasteiger partial charge in [0, 0.05) is 19.8 Å². The number of hydrogen-bond acceptors (Lipinski definition) is 2. The SMILES string of the molecule is CN(C)c1ccc([S-])cc1. The van der Waals surface area contributed by atoms with E-state index < -0.39 is 0 Å². The number of benzene rings is 1. The van der Waals surface area contributed by atoms with Gasteiger partial charge in [0.1, 0.15) is 0 Å². The highest BCUT2D eigenvalue weighted by Crippen LogP contribution is 2.10. The van der Waals surface area contributed by atoms with E-state index in [1.165, 1.54) is 5.69 Å². The van der Waals surface area contributed by atoms with Crippen molar-refractivity contribution in [2.24, 2.45) is 0 Å². The maximum Gasteiger partial charge on any atom is 0.0359 e. The van der Waals surface area contributed by atoms with Crippen LogP contribution in [0.4, 0.5) is 5.69 Å². The third-order valence-corrected chi connectivity index (χ3v) is 1.63. The maximum atomic E-state index is 4.94. The van der Waals surface area contributed by atoms with Crippen LogP contribution in [0.2, 0.25) is 0 Å². The average molecular weight is 152 g/mol. The Morgan fingerprint density at radius 1 is 1.10 bits per heavy atom. The highest BCUT2D eigenvalue weighted by atomic mass is 32.1. The Morgan fingerprint density at radius 2 is 1.60 bits per heavy atom. The summed E-state index contributed by atoms with van der Waals surface area (Å²) in [5, 5.41) is 0. The highest BCUT2D eigenvalue weighted by molar-refractivity contribution is 7.58. The van der Waals surface area contributed by atoms with Crippen LogP contribution < -0.4 is 4.90 Å². The van der Waals surface area contributed by atoms with Crippen molar-refractivity contribution < 1.29 is 0 Å². The first-order valence-corrected chi connectivity index (χ1v) is 3.55. The fraction of sp³-hybridized carbons (Fsp3) is 0.250. The Balaban J connectivity index is 2.89. The minimum Gasteiger partial charge on any atom is -0.780 e. The van der Waals surface area contributed by atoms with Crippen LogP contribution in [0, 0.1) is 0 Å². The van der Waals surface area contributed by atoms with Gasteiger partial charge in [0.05, 0.1) is 0 Å². The molecule has 0 aliphatic heterocycles. The molecule has 1 nitrogen and oxygen atoms in total. The van der Waals surface area contributed by atoms with Crippen LogP contribution in [-0.4, -0.2) is 14.1 Å². The molecule has 0 atom stereocenters. The van der Waals surface area contributed by atoms with E-state index in [1.807, 2.05) is 38.4 Å². The molecule has 0 aromatic heterocycles.